The van der Waals surface area contributed by atoms with Gasteiger partial charge in [0.15, 0.2) is 0 Å². The molecule has 0 aliphatic carbocycles. The standard InChI is InChI=1S/C16H27N5O3S/c1-6-25(23,24)21-9-7-8-14(21)16-17-13(11-20(5)12(2)22)10-15(18-16)19(3)4/h10,14H,6-9,11H2,1-5H3/t14-/m0/s1. The van der Waals surface area contributed by atoms with E-state index in [1.165, 1.54) is 11.2 Å². The van der Waals surface area contributed by atoms with Crippen LogP contribution < -0.4 is 4.90 Å². The molecule has 2 rings (SSSR count). The summed E-state index contributed by atoms with van der Waals surface area (Å²) in [5.74, 6) is 1.23. The number of carbonyl (C=O) groups is 1. The second kappa shape index (κ2) is 7.65. The minimum absolute atomic E-state index is 0.0531. The van der Waals surface area contributed by atoms with E-state index in [1.807, 2.05) is 25.1 Å². The fourth-order valence-corrected chi connectivity index (χ4v) is 4.14. The molecule has 25 heavy (non-hydrogen) atoms. The van der Waals surface area contributed by atoms with E-state index in [0.29, 0.717) is 36.8 Å². The summed E-state index contributed by atoms with van der Waals surface area (Å²) in [7, 11) is 2.16. The predicted molar refractivity (Wildman–Crippen MR) is 96.6 cm³/mol. The van der Waals surface area contributed by atoms with Gasteiger partial charge in [-0.1, -0.05) is 0 Å². The first-order valence-electron chi connectivity index (χ1n) is 8.42. The predicted octanol–water partition coefficient (Wildman–Crippen LogP) is 1.01. The first-order valence-corrected chi connectivity index (χ1v) is 10.0. The molecule has 1 fully saturated rings. The molecule has 0 saturated carbocycles. The van der Waals surface area contributed by atoms with Crippen molar-refractivity contribution in [2.24, 2.45) is 0 Å². The Kier molecular flexibility index (Phi) is 5.99. The zero-order valence-corrected chi connectivity index (χ0v) is 16.4. The van der Waals surface area contributed by atoms with E-state index in [-0.39, 0.29) is 17.7 Å². The highest BCUT2D eigenvalue weighted by atomic mass is 32.2. The van der Waals surface area contributed by atoms with Crippen LogP contribution in [0.1, 0.15) is 44.2 Å². The molecule has 1 saturated heterocycles. The lowest BCUT2D eigenvalue weighted by Gasteiger charge is -2.24. The highest BCUT2D eigenvalue weighted by molar-refractivity contribution is 7.89. The molecule has 1 aromatic rings. The monoisotopic (exact) mass is 369 g/mol. The molecule has 1 aromatic heterocycles. The van der Waals surface area contributed by atoms with E-state index in [9.17, 15) is 13.2 Å². The lowest BCUT2D eigenvalue weighted by atomic mass is 10.2. The molecular weight excluding hydrogens is 342 g/mol. The van der Waals surface area contributed by atoms with Crippen molar-refractivity contribution < 1.29 is 13.2 Å². The van der Waals surface area contributed by atoms with Gasteiger partial charge in [0.1, 0.15) is 11.6 Å². The Morgan fingerprint density at radius 3 is 2.56 bits per heavy atom. The van der Waals surface area contributed by atoms with Crippen molar-refractivity contribution in [1.29, 1.82) is 0 Å². The van der Waals surface area contributed by atoms with Crippen molar-refractivity contribution in [2.45, 2.75) is 39.3 Å². The van der Waals surface area contributed by atoms with Crippen LogP contribution in [0.5, 0.6) is 0 Å². The van der Waals surface area contributed by atoms with Crippen LogP contribution in [0.2, 0.25) is 0 Å². The quantitative estimate of drug-likeness (QED) is 0.744. The summed E-state index contributed by atoms with van der Waals surface area (Å²) in [6.45, 7) is 4.01. The lowest BCUT2D eigenvalue weighted by molar-refractivity contribution is -0.128. The normalized spacial score (nSPS) is 18.4. The van der Waals surface area contributed by atoms with Crippen LogP contribution in [-0.2, 0) is 21.4 Å². The zero-order valence-electron chi connectivity index (χ0n) is 15.6. The number of aromatic nitrogens is 2. The molecule has 0 radical (unpaired) electrons. The van der Waals surface area contributed by atoms with Crippen LogP contribution in [0.25, 0.3) is 0 Å². The Bertz CT molecular complexity index is 735. The SMILES string of the molecule is CCS(=O)(=O)N1CCC[C@H]1c1nc(CN(C)C(C)=O)cc(N(C)C)n1. The fraction of sp³-hybridized carbons (Fsp3) is 0.688. The molecule has 1 atom stereocenters. The van der Waals surface area contributed by atoms with Crippen molar-refractivity contribution in [3.8, 4) is 0 Å². The van der Waals surface area contributed by atoms with Crippen LogP contribution in [0.15, 0.2) is 6.07 Å². The summed E-state index contributed by atoms with van der Waals surface area (Å²) in [5, 5.41) is 0. The van der Waals surface area contributed by atoms with Crippen molar-refractivity contribution in [3.05, 3.63) is 17.6 Å². The zero-order chi connectivity index (χ0) is 18.8. The van der Waals surface area contributed by atoms with Gasteiger partial charge in [-0.2, -0.15) is 4.31 Å². The van der Waals surface area contributed by atoms with Gasteiger partial charge in [0.2, 0.25) is 15.9 Å². The molecule has 1 aliphatic heterocycles. The van der Waals surface area contributed by atoms with E-state index in [0.717, 1.165) is 6.42 Å². The minimum atomic E-state index is -3.30. The molecule has 0 bridgehead atoms. The summed E-state index contributed by atoms with van der Waals surface area (Å²) >= 11 is 0. The summed E-state index contributed by atoms with van der Waals surface area (Å²) in [6.07, 6.45) is 1.50. The Balaban J connectivity index is 2.42. The average Bonchev–Trinajstić information content (AvgIpc) is 3.04. The number of anilines is 1. The number of nitrogens with zero attached hydrogens (tertiary/aromatic N) is 5. The topological polar surface area (TPSA) is 86.7 Å². The van der Waals surface area contributed by atoms with Crippen LogP contribution >= 0.6 is 0 Å². The number of carbonyl (C=O) groups excluding carboxylic acids is 1. The molecule has 1 aliphatic rings. The van der Waals surface area contributed by atoms with Gasteiger partial charge >= 0.3 is 0 Å². The molecule has 1 amide bonds. The minimum Gasteiger partial charge on any atom is -0.363 e. The third-order valence-corrected chi connectivity index (χ3v) is 6.28. The summed E-state index contributed by atoms with van der Waals surface area (Å²) in [4.78, 5) is 24.1. The van der Waals surface area contributed by atoms with Gasteiger partial charge in [0, 0.05) is 40.7 Å². The Morgan fingerprint density at radius 1 is 1.32 bits per heavy atom. The van der Waals surface area contributed by atoms with E-state index in [2.05, 4.69) is 9.97 Å². The van der Waals surface area contributed by atoms with Crippen LogP contribution in [0.4, 0.5) is 5.82 Å². The highest BCUT2D eigenvalue weighted by Gasteiger charge is 2.36. The Labute approximate surface area is 149 Å². The van der Waals surface area contributed by atoms with E-state index < -0.39 is 10.0 Å². The first-order chi connectivity index (χ1) is 11.7. The molecule has 2 heterocycles. The van der Waals surface area contributed by atoms with Crippen LogP contribution in [-0.4, -0.2) is 66.9 Å². The van der Waals surface area contributed by atoms with Crippen molar-refractivity contribution in [1.82, 2.24) is 19.2 Å². The van der Waals surface area contributed by atoms with Gasteiger partial charge in [-0.15, -0.1) is 0 Å². The molecule has 0 aromatic carbocycles. The summed E-state index contributed by atoms with van der Waals surface area (Å²) in [5.41, 5.74) is 0.701. The van der Waals surface area contributed by atoms with Gasteiger partial charge in [0.05, 0.1) is 24.0 Å². The number of hydrogen-bond donors (Lipinski definition) is 0. The van der Waals surface area contributed by atoms with Crippen LogP contribution in [0, 0.1) is 0 Å². The maximum atomic E-state index is 12.4. The molecular formula is C16H27N5O3S. The Hall–Kier alpha value is -1.74. The maximum Gasteiger partial charge on any atom is 0.219 e. The van der Waals surface area contributed by atoms with Gasteiger partial charge in [0.25, 0.3) is 0 Å². The number of hydrogen-bond acceptors (Lipinski definition) is 6. The van der Waals surface area contributed by atoms with E-state index in [1.54, 1.807) is 18.9 Å². The number of sulfonamides is 1. The first kappa shape index (κ1) is 19.6. The van der Waals surface area contributed by atoms with Crippen LogP contribution in [0.3, 0.4) is 0 Å². The van der Waals surface area contributed by atoms with Crippen molar-refractivity contribution in [3.63, 3.8) is 0 Å². The maximum absolute atomic E-state index is 12.4. The Morgan fingerprint density at radius 2 is 2.00 bits per heavy atom. The van der Waals surface area contributed by atoms with Crippen molar-refractivity contribution in [2.75, 3.05) is 38.3 Å². The van der Waals surface area contributed by atoms with Gasteiger partial charge in [-0.05, 0) is 19.8 Å². The fourth-order valence-electron chi connectivity index (χ4n) is 2.81. The molecule has 0 unspecified atom stereocenters. The smallest absolute Gasteiger partial charge is 0.219 e. The van der Waals surface area contributed by atoms with Gasteiger partial charge < -0.3 is 9.80 Å². The summed E-state index contributed by atoms with van der Waals surface area (Å²) in [6, 6.07) is 1.49. The van der Waals surface area contributed by atoms with Gasteiger partial charge in [-0.3, -0.25) is 4.79 Å². The average molecular weight is 369 g/mol. The number of amides is 1. The molecule has 0 N–H and O–H groups in total. The highest BCUT2D eigenvalue weighted by Crippen LogP contribution is 2.33. The largest absolute Gasteiger partial charge is 0.363 e. The number of rotatable bonds is 6. The second-order valence-corrected chi connectivity index (χ2v) is 8.72. The lowest BCUT2D eigenvalue weighted by Crippen LogP contribution is -2.33. The molecule has 8 nitrogen and oxygen atoms in total. The third-order valence-electron chi connectivity index (χ3n) is 4.40. The summed E-state index contributed by atoms with van der Waals surface area (Å²) < 4.78 is 26.2. The third kappa shape index (κ3) is 4.46. The second-order valence-electron chi connectivity index (χ2n) is 6.51. The van der Waals surface area contributed by atoms with Crippen molar-refractivity contribution >= 4 is 21.7 Å². The molecule has 0 spiro atoms. The molecule has 140 valence electrons. The van der Waals surface area contributed by atoms with E-state index >= 15 is 0 Å². The van der Waals surface area contributed by atoms with E-state index in [4.69, 9.17) is 0 Å². The molecule has 9 heteroatoms. The van der Waals surface area contributed by atoms with Gasteiger partial charge in [-0.25, -0.2) is 18.4 Å².